The number of rotatable bonds is 8. The maximum Gasteiger partial charge on any atom is 0.260 e. The molecule has 1 amide bonds. The van der Waals surface area contributed by atoms with Crippen LogP contribution in [0.1, 0.15) is 12.5 Å². The predicted molar refractivity (Wildman–Crippen MR) is 107 cm³/mol. The van der Waals surface area contributed by atoms with Crippen molar-refractivity contribution in [3.05, 3.63) is 59.1 Å². The first-order chi connectivity index (χ1) is 12.8. The molecular weight excluding hydrogens is 390 g/mol. The molecule has 0 aliphatic rings. The van der Waals surface area contributed by atoms with Gasteiger partial charge in [0.2, 0.25) is 10.0 Å². The summed E-state index contributed by atoms with van der Waals surface area (Å²) in [6, 6.07) is 13.5. The van der Waals surface area contributed by atoms with E-state index in [0.29, 0.717) is 23.1 Å². The zero-order valence-electron chi connectivity index (χ0n) is 14.9. The van der Waals surface area contributed by atoms with E-state index in [0.717, 1.165) is 16.1 Å². The summed E-state index contributed by atoms with van der Waals surface area (Å²) in [6.07, 6.45) is 2.47. The molecule has 27 heavy (non-hydrogen) atoms. The minimum atomic E-state index is -3.71. The van der Waals surface area contributed by atoms with Crippen LogP contribution in [0, 0.1) is 0 Å². The highest BCUT2D eigenvalue weighted by atomic mass is 35.5. The number of anilines is 1. The van der Waals surface area contributed by atoms with Crippen LogP contribution in [0.4, 0.5) is 5.69 Å². The van der Waals surface area contributed by atoms with Crippen LogP contribution in [0.15, 0.2) is 53.6 Å². The Bertz CT molecular complexity index is 914. The van der Waals surface area contributed by atoms with Gasteiger partial charge in [0.1, 0.15) is 12.3 Å². The number of halogens is 1. The summed E-state index contributed by atoms with van der Waals surface area (Å²) >= 11 is 5.80. The summed E-state index contributed by atoms with van der Waals surface area (Å²) in [5.74, 6) is -0.208. The van der Waals surface area contributed by atoms with E-state index in [2.05, 4.69) is 10.5 Å². The van der Waals surface area contributed by atoms with E-state index < -0.39 is 22.5 Å². The van der Waals surface area contributed by atoms with E-state index >= 15 is 0 Å². The maximum atomic E-state index is 12.2. The molecule has 0 bridgehead atoms. The van der Waals surface area contributed by atoms with Gasteiger partial charge in [-0.1, -0.05) is 35.9 Å². The SMILES string of the molecule is CCOc1ccccc1N(CC(=O)N/N=C\c1ccc(Cl)cc1)S(C)(=O)=O. The first-order valence-electron chi connectivity index (χ1n) is 8.08. The number of hydrazone groups is 1. The second-order valence-corrected chi connectivity index (χ2v) is 7.86. The molecule has 0 radical (unpaired) electrons. The van der Waals surface area contributed by atoms with Crippen molar-refractivity contribution < 1.29 is 17.9 Å². The van der Waals surface area contributed by atoms with Crippen molar-refractivity contribution in [2.45, 2.75) is 6.92 Å². The molecular formula is C18H20ClN3O4S. The number of ether oxygens (including phenoxy) is 1. The molecule has 0 aliphatic heterocycles. The second kappa shape index (κ2) is 9.38. The first kappa shape index (κ1) is 20.7. The van der Waals surface area contributed by atoms with Gasteiger partial charge in [0.25, 0.3) is 5.91 Å². The number of hydrogen-bond acceptors (Lipinski definition) is 5. The van der Waals surface area contributed by atoms with Crippen LogP contribution in [-0.4, -0.2) is 39.9 Å². The number of nitrogens with zero attached hydrogens (tertiary/aromatic N) is 2. The second-order valence-electron chi connectivity index (χ2n) is 5.52. The molecule has 144 valence electrons. The number of para-hydroxylation sites is 2. The molecule has 0 saturated carbocycles. The first-order valence-corrected chi connectivity index (χ1v) is 10.3. The highest BCUT2D eigenvalue weighted by Gasteiger charge is 2.23. The minimum absolute atomic E-state index is 0.290. The summed E-state index contributed by atoms with van der Waals surface area (Å²) < 4.78 is 30.8. The van der Waals surface area contributed by atoms with Crippen molar-refractivity contribution >= 4 is 39.4 Å². The van der Waals surface area contributed by atoms with Gasteiger partial charge in [-0.05, 0) is 36.8 Å². The Morgan fingerprint density at radius 1 is 1.22 bits per heavy atom. The number of nitrogens with one attached hydrogen (secondary N) is 1. The van der Waals surface area contributed by atoms with Crippen molar-refractivity contribution in [3.8, 4) is 5.75 Å². The molecule has 0 saturated heterocycles. The van der Waals surface area contributed by atoms with E-state index in [1.165, 1.54) is 6.21 Å². The fourth-order valence-corrected chi connectivity index (χ4v) is 3.20. The van der Waals surface area contributed by atoms with Gasteiger partial charge in [0, 0.05) is 5.02 Å². The van der Waals surface area contributed by atoms with Gasteiger partial charge in [-0.25, -0.2) is 13.8 Å². The van der Waals surface area contributed by atoms with Crippen molar-refractivity contribution in [2.75, 3.05) is 23.7 Å². The topological polar surface area (TPSA) is 88.1 Å². The Morgan fingerprint density at radius 3 is 2.52 bits per heavy atom. The standard InChI is InChI=1S/C18H20ClN3O4S/c1-3-26-17-7-5-4-6-16(17)22(27(2,24)25)13-18(23)21-20-12-14-8-10-15(19)11-9-14/h4-12H,3,13H2,1-2H3,(H,21,23)/b20-12-. The molecule has 0 fully saturated rings. The van der Waals surface area contributed by atoms with E-state index in [1.807, 2.05) is 0 Å². The lowest BCUT2D eigenvalue weighted by Crippen LogP contribution is -2.39. The molecule has 0 spiro atoms. The largest absolute Gasteiger partial charge is 0.492 e. The molecule has 0 aromatic heterocycles. The Labute approximate surface area is 163 Å². The molecule has 2 aromatic rings. The van der Waals surface area contributed by atoms with Gasteiger partial charge >= 0.3 is 0 Å². The summed E-state index contributed by atoms with van der Waals surface area (Å²) in [6.45, 7) is 1.73. The number of carbonyl (C=O) groups is 1. The average molecular weight is 410 g/mol. The third kappa shape index (κ3) is 6.26. The van der Waals surface area contributed by atoms with Crippen molar-refractivity contribution in [1.82, 2.24) is 5.43 Å². The Hall–Kier alpha value is -2.58. The van der Waals surface area contributed by atoms with E-state index in [9.17, 15) is 13.2 Å². The predicted octanol–water partition coefficient (Wildman–Crippen LogP) is 2.66. The third-order valence-corrected chi connectivity index (χ3v) is 4.77. The van der Waals surface area contributed by atoms with Crippen molar-refractivity contribution in [2.24, 2.45) is 5.10 Å². The van der Waals surface area contributed by atoms with Gasteiger partial charge in [-0.2, -0.15) is 5.10 Å². The van der Waals surface area contributed by atoms with E-state index in [1.54, 1.807) is 55.5 Å². The monoisotopic (exact) mass is 409 g/mol. The molecule has 0 aliphatic carbocycles. The summed E-state index contributed by atoms with van der Waals surface area (Å²) in [4.78, 5) is 12.2. The Morgan fingerprint density at radius 2 is 1.89 bits per heavy atom. The Kier molecular flexibility index (Phi) is 7.20. The number of hydrogen-bond donors (Lipinski definition) is 1. The Balaban J connectivity index is 2.12. The zero-order chi connectivity index (χ0) is 19.9. The van der Waals surface area contributed by atoms with E-state index in [-0.39, 0.29) is 0 Å². The lowest BCUT2D eigenvalue weighted by molar-refractivity contribution is -0.119. The lowest BCUT2D eigenvalue weighted by Gasteiger charge is -2.23. The van der Waals surface area contributed by atoms with Crippen LogP contribution in [0.3, 0.4) is 0 Å². The maximum absolute atomic E-state index is 12.2. The van der Waals surface area contributed by atoms with Crippen LogP contribution < -0.4 is 14.5 Å². The zero-order valence-corrected chi connectivity index (χ0v) is 16.5. The normalized spacial score (nSPS) is 11.4. The molecule has 9 heteroatoms. The van der Waals surface area contributed by atoms with Crippen LogP contribution in [0.5, 0.6) is 5.75 Å². The summed E-state index contributed by atoms with van der Waals surface area (Å²) in [5, 5.41) is 4.43. The number of amides is 1. The average Bonchev–Trinajstić information content (AvgIpc) is 2.61. The highest BCUT2D eigenvalue weighted by molar-refractivity contribution is 7.92. The molecule has 0 unspecified atom stereocenters. The molecule has 0 heterocycles. The molecule has 0 atom stereocenters. The molecule has 1 N–H and O–H groups in total. The third-order valence-electron chi connectivity index (χ3n) is 3.39. The highest BCUT2D eigenvalue weighted by Crippen LogP contribution is 2.29. The van der Waals surface area contributed by atoms with Gasteiger partial charge in [-0.15, -0.1) is 0 Å². The van der Waals surface area contributed by atoms with Crippen LogP contribution >= 0.6 is 11.6 Å². The number of carbonyl (C=O) groups excluding carboxylic acids is 1. The van der Waals surface area contributed by atoms with Crippen molar-refractivity contribution in [1.29, 1.82) is 0 Å². The van der Waals surface area contributed by atoms with Crippen LogP contribution in [0.25, 0.3) is 0 Å². The van der Waals surface area contributed by atoms with Gasteiger partial charge in [-0.3, -0.25) is 9.10 Å². The lowest BCUT2D eigenvalue weighted by atomic mass is 10.2. The van der Waals surface area contributed by atoms with Gasteiger partial charge in [0.15, 0.2) is 0 Å². The minimum Gasteiger partial charge on any atom is -0.492 e. The summed E-state index contributed by atoms with van der Waals surface area (Å²) in [5.41, 5.74) is 3.35. The smallest absolute Gasteiger partial charge is 0.260 e. The number of benzene rings is 2. The molecule has 2 rings (SSSR count). The van der Waals surface area contributed by atoms with Crippen LogP contribution in [-0.2, 0) is 14.8 Å². The molecule has 7 nitrogen and oxygen atoms in total. The van der Waals surface area contributed by atoms with Crippen molar-refractivity contribution in [3.63, 3.8) is 0 Å². The van der Waals surface area contributed by atoms with E-state index in [4.69, 9.17) is 16.3 Å². The number of sulfonamides is 1. The van der Waals surface area contributed by atoms with Gasteiger partial charge < -0.3 is 4.74 Å². The van der Waals surface area contributed by atoms with Gasteiger partial charge in [0.05, 0.1) is 24.8 Å². The molecule has 2 aromatic carbocycles. The quantitative estimate of drug-likeness (QED) is 0.536. The fraction of sp³-hybridized carbons (Fsp3) is 0.222. The fourth-order valence-electron chi connectivity index (χ4n) is 2.22. The summed E-state index contributed by atoms with van der Waals surface area (Å²) in [7, 11) is -3.71. The van der Waals surface area contributed by atoms with Crippen LogP contribution in [0.2, 0.25) is 5.02 Å².